The molecule has 0 amide bonds. The van der Waals surface area contributed by atoms with Crippen molar-refractivity contribution in [1.82, 2.24) is 0 Å². The summed E-state index contributed by atoms with van der Waals surface area (Å²) in [7, 11) is -0.993. The van der Waals surface area contributed by atoms with Gasteiger partial charge in [0.2, 0.25) is 0 Å². The number of hydrogen-bond acceptors (Lipinski definition) is 2. The van der Waals surface area contributed by atoms with Gasteiger partial charge in [-0.15, -0.1) is 0 Å². The third kappa shape index (κ3) is 5.76. The summed E-state index contributed by atoms with van der Waals surface area (Å²) in [5.74, 6) is 0. The van der Waals surface area contributed by atoms with Crippen LogP contribution in [0.4, 0.5) is 0 Å². The maximum Gasteiger partial charge on any atom is 0.109 e. The smallest absolute Gasteiger partial charge is 0.109 e. The van der Waals surface area contributed by atoms with Crippen molar-refractivity contribution < 1.29 is 0 Å². The Labute approximate surface area is 99.8 Å². The van der Waals surface area contributed by atoms with Crippen LogP contribution < -0.4 is 0 Å². The zero-order valence-electron chi connectivity index (χ0n) is 10.6. The van der Waals surface area contributed by atoms with Gasteiger partial charge in [0.1, 0.15) is 7.22 Å². The lowest BCUT2D eigenvalue weighted by atomic mass is 10.2. The van der Waals surface area contributed by atoms with Crippen LogP contribution in [0.3, 0.4) is 0 Å². The minimum Gasteiger partial charge on any atom is -0.293 e. The van der Waals surface area contributed by atoms with Gasteiger partial charge in [0.15, 0.2) is 0 Å². The van der Waals surface area contributed by atoms with E-state index in [9.17, 15) is 0 Å². The highest BCUT2D eigenvalue weighted by Gasteiger charge is 2.19. The molecule has 1 aliphatic rings. The fourth-order valence-electron chi connectivity index (χ4n) is 1.94. The molecule has 0 bridgehead atoms. The van der Waals surface area contributed by atoms with E-state index in [4.69, 9.17) is 4.99 Å². The molecule has 0 heterocycles. The molecular formula is C12H25NSSi. The van der Waals surface area contributed by atoms with Crippen LogP contribution in [0.15, 0.2) is 4.99 Å². The minimum absolute atomic E-state index is 0.654. The van der Waals surface area contributed by atoms with Crippen molar-refractivity contribution in [2.75, 3.05) is 0 Å². The van der Waals surface area contributed by atoms with Gasteiger partial charge in [0.25, 0.3) is 0 Å². The Morgan fingerprint density at radius 3 is 2.40 bits per heavy atom. The van der Waals surface area contributed by atoms with Crippen LogP contribution in [0, 0.1) is 0 Å². The van der Waals surface area contributed by atoms with Crippen LogP contribution in [-0.2, 0) is 0 Å². The van der Waals surface area contributed by atoms with Crippen molar-refractivity contribution in [3.8, 4) is 0 Å². The van der Waals surface area contributed by atoms with E-state index in [2.05, 4.69) is 44.0 Å². The fourth-order valence-corrected chi connectivity index (χ4v) is 6.56. The Hall–Kier alpha value is 0.237. The van der Waals surface area contributed by atoms with E-state index >= 15 is 0 Å². The first-order chi connectivity index (χ1) is 7.01. The first-order valence-electron chi connectivity index (χ1n) is 6.22. The van der Waals surface area contributed by atoms with Crippen molar-refractivity contribution in [3.05, 3.63) is 0 Å². The highest BCUT2D eigenvalue weighted by molar-refractivity contribution is 8.29. The Balaban J connectivity index is 2.38. The van der Waals surface area contributed by atoms with Gasteiger partial charge in [-0.3, -0.25) is 4.99 Å². The predicted molar refractivity (Wildman–Crippen MR) is 75.8 cm³/mol. The third-order valence-corrected chi connectivity index (χ3v) is 7.19. The molecule has 1 fully saturated rings. The molecule has 1 unspecified atom stereocenters. The molecule has 1 atom stereocenters. The molecule has 88 valence electrons. The number of rotatable bonds is 5. The molecule has 1 saturated carbocycles. The molecule has 0 saturated heterocycles. The molecule has 0 aliphatic heterocycles. The lowest BCUT2D eigenvalue weighted by Gasteiger charge is -2.20. The van der Waals surface area contributed by atoms with Gasteiger partial charge in [-0.2, -0.15) is 11.2 Å². The van der Waals surface area contributed by atoms with Crippen molar-refractivity contribution >= 4 is 24.6 Å². The van der Waals surface area contributed by atoms with E-state index in [0.717, 1.165) is 0 Å². The van der Waals surface area contributed by atoms with Crippen LogP contribution in [0.2, 0.25) is 19.6 Å². The maximum atomic E-state index is 4.75. The molecule has 0 aromatic carbocycles. The average Bonchev–Trinajstić information content (AvgIpc) is 2.62. The second-order valence-electron chi connectivity index (χ2n) is 5.41. The number of nitrogens with zero attached hydrogens (tertiary/aromatic N) is 1. The Bertz CT molecular complexity index is 204. The van der Waals surface area contributed by atoms with Crippen LogP contribution in [0.1, 0.15) is 39.0 Å². The highest BCUT2D eigenvalue weighted by Crippen LogP contribution is 2.26. The molecular weight excluding hydrogens is 218 g/mol. The average molecular weight is 243 g/mol. The summed E-state index contributed by atoms with van der Waals surface area (Å²) in [5.41, 5.74) is 0. The van der Waals surface area contributed by atoms with Crippen molar-refractivity contribution in [2.45, 2.75) is 70.0 Å². The summed E-state index contributed by atoms with van der Waals surface area (Å²) < 4.78 is 0. The van der Waals surface area contributed by atoms with Crippen LogP contribution in [0.5, 0.6) is 0 Å². The van der Waals surface area contributed by atoms with E-state index in [-0.39, 0.29) is 0 Å². The summed E-state index contributed by atoms with van der Waals surface area (Å²) in [5, 5.41) is 0.664. The molecule has 0 aromatic rings. The normalized spacial score (nSPS) is 21.3. The van der Waals surface area contributed by atoms with Gasteiger partial charge in [-0.05, 0) is 19.3 Å². The highest BCUT2D eigenvalue weighted by atomic mass is 32.4. The van der Waals surface area contributed by atoms with Crippen molar-refractivity contribution in [1.29, 1.82) is 0 Å². The van der Waals surface area contributed by atoms with E-state index in [1.165, 1.54) is 32.1 Å². The zero-order chi connectivity index (χ0) is 11.3. The maximum absolute atomic E-state index is 4.75. The summed E-state index contributed by atoms with van der Waals surface area (Å²) in [6, 6.07) is 0.654. The predicted octanol–water partition coefficient (Wildman–Crippen LogP) is 4.35. The van der Waals surface area contributed by atoms with Gasteiger partial charge in [0, 0.05) is 17.5 Å². The monoisotopic (exact) mass is 243 g/mol. The molecule has 0 radical (unpaired) electrons. The van der Waals surface area contributed by atoms with E-state index in [0.29, 0.717) is 11.3 Å². The Morgan fingerprint density at radius 1 is 1.33 bits per heavy atom. The van der Waals surface area contributed by atoms with E-state index in [1.54, 1.807) is 0 Å². The fraction of sp³-hybridized carbons (Fsp3) is 0.917. The molecule has 1 aliphatic carbocycles. The molecule has 1 nitrogen and oxygen atoms in total. The van der Waals surface area contributed by atoms with E-state index in [1.807, 2.05) is 0 Å². The van der Waals surface area contributed by atoms with Gasteiger partial charge in [-0.25, -0.2) is 0 Å². The lowest BCUT2D eigenvalue weighted by molar-refractivity contribution is 0.707. The SMILES string of the molecule is CCC(C=NC1CCCC1)S[Si](C)(C)C. The molecule has 0 spiro atoms. The summed E-state index contributed by atoms with van der Waals surface area (Å²) >= 11 is 2.17. The van der Waals surface area contributed by atoms with Gasteiger partial charge in [-0.1, -0.05) is 39.4 Å². The Morgan fingerprint density at radius 2 is 1.93 bits per heavy atom. The lowest BCUT2D eigenvalue weighted by Crippen LogP contribution is -2.21. The van der Waals surface area contributed by atoms with Gasteiger partial charge >= 0.3 is 0 Å². The second kappa shape index (κ2) is 6.09. The quantitative estimate of drug-likeness (QED) is 0.517. The molecule has 15 heavy (non-hydrogen) atoms. The number of hydrogen-bond donors (Lipinski definition) is 0. The first-order valence-corrected chi connectivity index (χ1v) is 11.3. The first kappa shape index (κ1) is 13.3. The van der Waals surface area contributed by atoms with Crippen molar-refractivity contribution in [3.63, 3.8) is 0 Å². The van der Waals surface area contributed by atoms with E-state index < -0.39 is 7.22 Å². The standard InChI is InChI=1S/C12H25NSSi/c1-5-12(14-15(2,3)4)10-13-11-8-6-7-9-11/h10-12H,5-9H2,1-4H3. The van der Waals surface area contributed by atoms with Crippen LogP contribution in [-0.4, -0.2) is 24.7 Å². The molecule has 0 aromatic heterocycles. The van der Waals surface area contributed by atoms with Crippen LogP contribution >= 0.6 is 11.2 Å². The Kier molecular flexibility index (Phi) is 5.40. The van der Waals surface area contributed by atoms with Crippen molar-refractivity contribution in [2.24, 2.45) is 4.99 Å². The topological polar surface area (TPSA) is 12.4 Å². The number of aliphatic imine (C=N–C) groups is 1. The summed E-state index contributed by atoms with van der Waals surface area (Å²) in [6.45, 7) is 9.54. The molecule has 1 rings (SSSR count). The summed E-state index contributed by atoms with van der Waals surface area (Å²) in [6.07, 6.45) is 8.90. The minimum atomic E-state index is -0.993. The second-order valence-corrected chi connectivity index (χ2v) is 14.9. The van der Waals surface area contributed by atoms with Crippen LogP contribution in [0.25, 0.3) is 0 Å². The largest absolute Gasteiger partial charge is 0.293 e. The third-order valence-electron chi connectivity index (χ3n) is 2.70. The molecule has 3 heteroatoms. The zero-order valence-corrected chi connectivity index (χ0v) is 12.4. The van der Waals surface area contributed by atoms with Gasteiger partial charge < -0.3 is 0 Å². The molecule has 0 N–H and O–H groups in total. The van der Waals surface area contributed by atoms with Gasteiger partial charge in [0.05, 0.1) is 0 Å². The summed E-state index contributed by atoms with van der Waals surface area (Å²) in [4.78, 5) is 4.75.